The Hall–Kier alpha value is -1.55. The monoisotopic (exact) mass is 274 g/mol. The van der Waals surface area contributed by atoms with Gasteiger partial charge in [0.25, 0.3) is 5.91 Å². The molecule has 0 bridgehead atoms. The minimum Gasteiger partial charge on any atom is -0.384 e. The van der Waals surface area contributed by atoms with E-state index in [2.05, 4.69) is 24.5 Å². The summed E-state index contributed by atoms with van der Waals surface area (Å²) in [5, 5.41) is 6.45. The van der Waals surface area contributed by atoms with Crippen LogP contribution in [-0.4, -0.2) is 31.7 Å². The number of methoxy groups -OCH3 is 1. The largest absolute Gasteiger partial charge is 0.384 e. The SMILES string of the molecule is COC1CC(NC(=O)c2ccc3c(c2)CCN3)C1(C)C. The summed E-state index contributed by atoms with van der Waals surface area (Å²) in [6, 6.07) is 6.09. The molecule has 1 amide bonds. The van der Waals surface area contributed by atoms with E-state index in [-0.39, 0.29) is 23.5 Å². The Morgan fingerprint density at radius 3 is 2.95 bits per heavy atom. The molecule has 2 N–H and O–H groups in total. The zero-order chi connectivity index (χ0) is 14.3. The van der Waals surface area contributed by atoms with Crippen molar-refractivity contribution in [3.05, 3.63) is 29.3 Å². The number of hydrogen-bond donors (Lipinski definition) is 2. The molecule has 1 fully saturated rings. The zero-order valence-electron chi connectivity index (χ0n) is 12.3. The molecule has 0 aromatic heterocycles. The van der Waals surface area contributed by atoms with Gasteiger partial charge in [-0.15, -0.1) is 0 Å². The quantitative estimate of drug-likeness (QED) is 0.888. The van der Waals surface area contributed by atoms with Gasteiger partial charge in [0.2, 0.25) is 0 Å². The summed E-state index contributed by atoms with van der Waals surface area (Å²) in [5.41, 5.74) is 3.15. The van der Waals surface area contributed by atoms with Gasteiger partial charge < -0.3 is 15.4 Å². The van der Waals surface area contributed by atoms with Crippen molar-refractivity contribution < 1.29 is 9.53 Å². The fourth-order valence-corrected chi connectivity index (χ4v) is 3.22. The standard InChI is InChI=1S/C16H22N2O2/c1-16(2)13(9-14(16)20-3)18-15(19)11-4-5-12-10(8-11)6-7-17-12/h4-5,8,13-14,17H,6-7,9H2,1-3H3,(H,18,19). The first kappa shape index (κ1) is 13.4. The van der Waals surface area contributed by atoms with Crippen LogP contribution in [0.3, 0.4) is 0 Å². The van der Waals surface area contributed by atoms with E-state index >= 15 is 0 Å². The van der Waals surface area contributed by atoms with Crippen molar-refractivity contribution >= 4 is 11.6 Å². The number of ether oxygens (including phenoxy) is 1. The molecular weight excluding hydrogens is 252 g/mol. The van der Waals surface area contributed by atoms with Gasteiger partial charge >= 0.3 is 0 Å². The van der Waals surface area contributed by atoms with Gasteiger partial charge in [0.1, 0.15) is 0 Å². The van der Waals surface area contributed by atoms with Gasteiger partial charge in [-0.05, 0) is 36.6 Å². The number of carbonyl (C=O) groups is 1. The van der Waals surface area contributed by atoms with Gasteiger partial charge in [-0.3, -0.25) is 4.79 Å². The minimum atomic E-state index is 0.00267. The van der Waals surface area contributed by atoms with Crippen LogP contribution in [0.25, 0.3) is 0 Å². The van der Waals surface area contributed by atoms with E-state index < -0.39 is 0 Å². The highest BCUT2D eigenvalue weighted by Gasteiger charge is 2.49. The van der Waals surface area contributed by atoms with Crippen molar-refractivity contribution in [1.29, 1.82) is 0 Å². The van der Waals surface area contributed by atoms with E-state index in [1.54, 1.807) is 7.11 Å². The molecule has 1 aliphatic carbocycles. The summed E-state index contributed by atoms with van der Waals surface area (Å²) in [5.74, 6) is 0.0207. The van der Waals surface area contributed by atoms with Crippen LogP contribution in [0.1, 0.15) is 36.2 Å². The normalized spacial score (nSPS) is 26.4. The van der Waals surface area contributed by atoms with E-state index in [4.69, 9.17) is 4.74 Å². The highest BCUT2D eigenvalue weighted by Crippen LogP contribution is 2.42. The summed E-state index contributed by atoms with van der Waals surface area (Å²) in [6.07, 6.45) is 2.12. The Kier molecular flexibility index (Phi) is 3.21. The molecular formula is C16H22N2O2. The lowest BCUT2D eigenvalue weighted by atomic mass is 9.64. The van der Waals surface area contributed by atoms with Crippen LogP contribution >= 0.6 is 0 Å². The third-order valence-corrected chi connectivity index (χ3v) is 4.84. The van der Waals surface area contributed by atoms with E-state index in [0.29, 0.717) is 0 Å². The molecule has 1 saturated carbocycles. The highest BCUT2D eigenvalue weighted by atomic mass is 16.5. The number of anilines is 1. The number of fused-ring (bicyclic) bond motifs is 1. The van der Waals surface area contributed by atoms with Crippen LogP contribution < -0.4 is 10.6 Å². The number of benzene rings is 1. The second-order valence-corrected chi connectivity index (χ2v) is 6.36. The highest BCUT2D eigenvalue weighted by molar-refractivity contribution is 5.95. The predicted molar refractivity (Wildman–Crippen MR) is 79.1 cm³/mol. The molecule has 1 heterocycles. The van der Waals surface area contributed by atoms with Crippen molar-refractivity contribution in [3.8, 4) is 0 Å². The van der Waals surface area contributed by atoms with Crippen LogP contribution in [0.4, 0.5) is 5.69 Å². The van der Waals surface area contributed by atoms with E-state index in [0.717, 1.165) is 30.6 Å². The first-order chi connectivity index (χ1) is 9.52. The molecule has 0 spiro atoms. The van der Waals surface area contributed by atoms with E-state index in [9.17, 15) is 4.79 Å². The van der Waals surface area contributed by atoms with E-state index in [1.807, 2.05) is 18.2 Å². The number of hydrogen-bond acceptors (Lipinski definition) is 3. The van der Waals surface area contributed by atoms with Gasteiger partial charge in [0.05, 0.1) is 6.10 Å². The minimum absolute atomic E-state index is 0.00267. The van der Waals surface area contributed by atoms with E-state index in [1.165, 1.54) is 5.56 Å². The molecule has 1 aromatic rings. The summed E-state index contributed by atoms with van der Waals surface area (Å²) in [7, 11) is 1.73. The van der Waals surface area contributed by atoms with Gasteiger partial charge in [-0.1, -0.05) is 13.8 Å². The molecule has 2 unspecified atom stereocenters. The fraction of sp³-hybridized carbons (Fsp3) is 0.562. The maximum absolute atomic E-state index is 12.4. The first-order valence-electron chi connectivity index (χ1n) is 7.23. The molecule has 20 heavy (non-hydrogen) atoms. The van der Waals surface area contributed by atoms with Crippen LogP contribution in [-0.2, 0) is 11.2 Å². The lowest BCUT2D eigenvalue weighted by Gasteiger charge is -2.51. The van der Waals surface area contributed by atoms with Crippen molar-refractivity contribution in [3.63, 3.8) is 0 Å². The summed E-state index contributed by atoms with van der Waals surface area (Å²) in [6.45, 7) is 5.25. The van der Waals surface area contributed by atoms with Gasteiger partial charge in [-0.2, -0.15) is 0 Å². The third-order valence-electron chi connectivity index (χ3n) is 4.84. The molecule has 4 nitrogen and oxygen atoms in total. The van der Waals surface area contributed by atoms with Gasteiger partial charge in [0, 0.05) is 36.4 Å². The first-order valence-corrected chi connectivity index (χ1v) is 7.23. The van der Waals surface area contributed by atoms with Crippen molar-refractivity contribution in [2.24, 2.45) is 5.41 Å². The molecule has 0 saturated heterocycles. The Balaban J connectivity index is 1.69. The maximum Gasteiger partial charge on any atom is 0.251 e. The van der Waals surface area contributed by atoms with Gasteiger partial charge in [-0.25, -0.2) is 0 Å². The number of amides is 1. The van der Waals surface area contributed by atoms with Crippen molar-refractivity contribution in [2.45, 2.75) is 38.8 Å². The summed E-state index contributed by atoms with van der Waals surface area (Å²) < 4.78 is 5.42. The van der Waals surface area contributed by atoms with Crippen LogP contribution in [0.15, 0.2) is 18.2 Å². The topological polar surface area (TPSA) is 50.4 Å². The number of rotatable bonds is 3. The molecule has 1 aromatic carbocycles. The van der Waals surface area contributed by atoms with Crippen molar-refractivity contribution in [2.75, 3.05) is 19.0 Å². The summed E-state index contributed by atoms with van der Waals surface area (Å²) in [4.78, 5) is 12.4. The molecule has 1 aliphatic heterocycles. The molecule has 4 heteroatoms. The molecule has 3 rings (SSSR count). The van der Waals surface area contributed by atoms with Crippen molar-refractivity contribution in [1.82, 2.24) is 5.32 Å². The average molecular weight is 274 g/mol. The Bertz CT molecular complexity index is 539. The Labute approximate surface area is 119 Å². The Morgan fingerprint density at radius 2 is 2.25 bits per heavy atom. The molecule has 0 radical (unpaired) electrons. The molecule has 2 atom stereocenters. The van der Waals surface area contributed by atoms with Crippen LogP contribution in [0.5, 0.6) is 0 Å². The van der Waals surface area contributed by atoms with Crippen LogP contribution in [0, 0.1) is 5.41 Å². The molecule has 108 valence electrons. The smallest absolute Gasteiger partial charge is 0.251 e. The lowest BCUT2D eigenvalue weighted by molar-refractivity contribution is -0.0942. The molecule has 2 aliphatic rings. The predicted octanol–water partition coefficient (Wildman–Crippen LogP) is 2.20. The Morgan fingerprint density at radius 1 is 1.45 bits per heavy atom. The number of carbonyl (C=O) groups excluding carboxylic acids is 1. The zero-order valence-corrected chi connectivity index (χ0v) is 12.3. The lowest BCUT2D eigenvalue weighted by Crippen LogP contribution is -2.61. The second-order valence-electron chi connectivity index (χ2n) is 6.36. The second kappa shape index (κ2) is 4.77. The fourth-order valence-electron chi connectivity index (χ4n) is 3.22. The number of nitrogens with one attached hydrogen (secondary N) is 2. The average Bonchev–Trinajstić information content (AvgIpc) is 2.89. The van der Waals surface area contributed by atoms with Gasteiger partial charge in [0.15, 0.2) is 0 Å². The third kappa shape index (κ3) is 2.08. The maximum atomic E-state index is 12.4. The summed E-state index contributed by atoms with van der Waals surface area (Å²) >= 11 is 0. The van der Waals surface area contributed by atoms with Crippen LogP contribution in [0.2, 0.25) is 0 Å².